The van der Waals surface area contributed by atoms with Gasteiger partial charge in [-0.3, -0.25) is 4.99 Å². The summed E-state index contributed by atoms with van der Waals surface area (Å²) in [4.78, 5) is 8.64. The molecule has 2 N–H and O–H groups in total. The monoisotopic (exact) mass is 340 g/mol. The second-order valence-corrected chi connectivity index (χ2v) is 7.10. The molecule has 3 rings (SSSR count). The van der Waals surface area contributed by atoms with Crippen molar-refractivity contribution >= 4 is 23.1 Å². The van der Waals surface area contributed by atoms with Crippen LogP contribution in [0.25, 0.3) is 10.9 Å². The summed E-state index contributed by atoms with van der Waals surface area (Å²) < 4.78 is 7.48. The summed E-state index contributed by atoms with van der Waals surface area (Å²) in [6, 6.07) is 6.29. The van der Waals surface area contributed by atoms with Crippen molar-refractivity contribution in [2.24, 2.45) is 21.6 Å². The summed E-state index contributed by atoms with van der Waals surface area (Å²) in [6.07, 6.45) is 6.42. The summed E-state index contributed by atoms with van der Waals surface area (Å²) in [5, 5.41) is 1.23. The van der Waals surface area contributed by atoms with Crippen LogP contribution in [0.15, 0.2) is 34.4 Å². The molecule has 2 aromatic rings. The van der Waals surface area contributed by atoms with Gasteiger partial charge in [0.2, 0.25) is 0 Å². The van der Waals surface area contributed by atoms with E-state index in [1.165, 1.54) is 29.3 Å². The molecule has 1 aliphatic carbocycles. The molecule has 134 valence electrons. The van der Waals surface area contributed by atoms with E-state index in [0.29, 0.717) is 18.4 Å². The van der Waals surface area contributed by atoms with Gasteiger partial charge in [-0.25, -0.2) is 4.99 Å². The zero-order valence-electron chi connectivity index (χ0n) is 15.4. The minimum absolute atomic E-state index is 0.444. The number of ether oxygens (including phenoxy) is 1. The van der Waals surface area contributed by atoms with Crippen molar-refractivity contribution in [1.29, 1.82) is 0 Å². The van der Waals surface area contributed by atoms with Gasteiger partial charge in [0.1, 0.15) is 12.2 Å². The van der Waals surface area contributed by atoms with E-state index in [1.54, 1.807) is 13.4 Å². The number of rotatable bonds is 8. The van der Waals surface area contributed by atoms with E-state index >= 15 is 0 Å². The fourth-order valence-electron chi connectivity index (χ4n) is 2.99. The lowest BCUT2D eigenvalue weighted by Crippen LogP contribution is -2.13. The molecule has 25 heavy (non-hydrogen) atoms. The molecule has 5 nitrogen and oxygen atoms in total. The first-order valence-corrected chi connectivity index (χ1v) is 9.03. The second kappa shape index (κ2) is 7.83. The molecule has 0 saturated heterocycles. The Bertz CT molecular complexity index is 784. The SMILES string of the molecule is COCCn1cc(C(C)C)c2cc(C(N)=NC=NCC3CC3)ccc21. The predicted octanol–water partition coefficient (Wildman–Crippen LogP) is 3.55. The Morgan fingerprint density at radius 1 is 1.40 bits per heavy atom. The average molecular weight is 340 g/mol. The molecule has 0 bridgehead atoms. The van der Waals surface area contributed by atoms with Crippen LogP contribution in [0.3, 0.4) is 0 Å². The molecule has 0 radical (unpaired) electrons. The quantitative estimate of drug-likeness (QED) is 0.590. The van der Waals surface area contributed by atoms with E-state index in [2.05, 4.69) is 46.7 Å². The summed E-state index contributed by atoms with van der Waals surface area (Å²) in [5.41, 5.74) is 9.64. The zero-order valence-corrected chi connectivity index (χ0v) is 15.4. The third-order valence-corrected chi connectivity index (χ3v) is 4.70. The van der Waals surface area contributed by atoms with Gasteiger partial charge in [-0.15, -0.1) is 0 Å². The van der Waals surface area contributed by atoms with E-state index < -0.39 is 0 Å². The van der Waals surface area contributed by atoms with Crippen molar-refractivity contribution in [2.75, 3.05) is 20.3 Å². The molecule has 0 amide bonds. The number of hydrogen-bond acceptors (Lipinski definition) is 2. The fraction of sp³-hybridized carbons (Fsp3) is 0.500. The molecule has 1 saturated carbocycles. The molecular weight excluding hydrogens is 312 g/mol. The Morgan fingerprint density at radius 3 is 2.88 bits per heavy atom. The summed E-state index contributed by atoms with van der Waals surface area (Å²) in [5.74, 6) is 1.73. The highest BCUT2D eigenvalue weighted by Gasteiger charge is 2.19. The van der Waals surface area contributed by atoms with Gasteiger partial charge in [-0.1, -0.05) is 13.8 Å². The van der Waals surface area contributed by atoms with Crippen LogP contribution in [0, 0.1) is 5.92 Å². The van der Waals surface area contributed by atoms with Crippen LogP contribution in [0.2, 0.25) is 0 Å². The fourth-order valence-corrected chi connectivity index (χ4v) is 2.99. The molecule has 0 aliphatic heterocycles. The Balaban J connectivity index is 1.87. The van der Waals surface area contributed by atoms with Gasteiger partial charge in [0.05, 0.1) is 6.61 Å². The summed E-state index contributed by atoms with van der Waals surface area (Å²) in [7, 11) is 1.73. The van der Waals surface area contributed by atoms with Gasteiger partial charge in [0.15, 0.2) is 0 Å². The summed E-state index contributed by atoms with van der Waals surface area (Å²) in [6.45, 7) is 6.84. The molecule has 1 aromatic heterocycles. The number of aliphatic imine (C=N–C) groups is 2. The van der Waals surface area contributed by atoms with Crippen LogP contribution in [0.1, 0.15) is 43.7 Å². The summed E-state index contributed by atoms with van der Waals surface area (Å²) >= 11 is 0. The molecule has 1 fully saturated rings. The van der Waals surface area contributed by atoms with Crippen molar-refractivity contribution in [3.8, 4) is 0 Å². The largest absolute Gasteiger partial charge is 0.383 e. The van der Waals surface area contributed by atoms with E-state index in [0.717, 1.165) is 24.6 Å². The lowest BCUT2D eigenvalue weighted by Gasteiger charge is -2.06. The van der Waals surface area contributed by atoms with Gasteiger partial charge in [-0.05, 0) is 48.4 Å². The van der Waals surface area contributed by atoms with Crippen molar-refractivity contribution < 1.29 is 4.74 Å². The van der Waals surface area contributed by atoms with Crippen molar-refractivity contribution in [1.82, 2.24) is 4.57 Å². The topological polar surface area (TPSA) is 64.9 Å². The van der Waals surface area contributed by atoms with Gasteiger partial charge in [-0.2, -0.15) is 0 Å². The standard InChI is InChI=1S/C20H28N4O/c1-14(2)18-12-24(8-9-25-3)19-7-6-16(10-17(18)19)20(21)23-13-22-11-15-4-5-15/h6-7,10,12-15H,4-5,8-9,11H2,1-3H3,(H2,21,22,23). The molecule has 0 unspecified atom stereocenters. The maximum Gasteiger partial charge on any atom is 0.132 e. The maximum atomic E-state index is 6.16. The molecular formula is C20H28N4O. The van der Waals surface area contributed by atoms with Crippen LogP contribution in [-0.2, 0) is 11.3 Å². The number of benzene rings is 1. The van der Waals surface area contributed by atoms with E-state index in [9.17, 15) is 0 Å². The number of hydrogen-bond donors (Lipinski definition) is 1. The highest BCUT2D eigenvalue weighted by molar-refractivity contribution is 6.04. The van der Waals surface area contributed by atoms with Crippen LogP contribution >= 0.6 is 0 Å². The lowest BCUT2D eigenvalue weighted by molar-refractivity contribution is 0.188. The molecule has 1 aromatic carbocycles. The van der Waals surface area contributed by atoms with Crippen LogP contribution < -0.4 is 5.73 Å². The maximum absolute atomic E-state index is 6.16. The normalized spacial score (nSPS) is 15.8. The minimum Gasteiger partial charge on any atom is -0.383 e. The van der Waals surface area contributed by atoms with Gasteiger partial charge < -0.3 is 15.0 Å². The first-order chi connectivity index (χ1) is 12.1. The number of amidine groups is 1. The highest BCUT2D eigenvalue weighted by atomic mass is 16.5. The van der Waals surface area contributed by atoms with Crippen LogP contribution in [0.4, 0.5) is 0 Å². The van der Waals surface area contributed by atoms with Gasteiger partial charge >= 0.3 is 0 Å². The molecule has 5 heteroatoms. The predicted molar refractivity (Wildman–Crippen MR) is 105 cm³/mol. The number of fused-ring (bicyclic) bond motifs is 1. The smallest absolute Gasteiger partial charge is 0.132 e. The van der Waals surface area contributed by atoms with E-state index in [1.807, 2.05) is 6.07 Å². The average Bonchev–Trinajstić information content (AvgIpc) is 3.36. The number of methoxy groups -OCH3 is 1. The Morgan fingerprint density at radius 2 is 2.20 bits per heavy atom. The minimum atomic E-state index is 0.444. The highest BCUT2D eigenvalue weighted by Crippen LogP contribution is 2.29. The second-order valence-electron chi connectivity index (χ2n) is 7.10. The molecule has 0 spiro atoms. The first-order valence-electron chi connectivity index (χ1n) is 9.03. The van der Waals surface area contributed by atoms with Crippen molar-refractivity contribution in [3.05, 3.63) is 35.5 Å². The number of nitrogens with two attached hydrogens (primary N) is 1. The molecule has 1 heterocycles. The van der Waals surface area contributed by atoms with Crippen LogP contribution in [-0.4, -0.2) is 37.0 Å². The molecule has 1 aliphatic rings. The third kappa shape index (κ3) is 4.28. The number of nitrogens with zero attached hydrogens (tertiary/aromatic N) is 3. The van der Waals surface area contributed by atoms with E-state index in [4.69, 9.17) is 10.5 Å². The zero-order chi connectivity index (χ0) is 17.8. The Hall–Kier alpha value is -2.14. The van der Waals surface area contributed by atoms with Crippen LogP contribution in [0.5, 0.6) is 0 Å². The molecule has 0 atom stereocenters. The van der Waals surface area contributed by atoms with Gasteiger partial charge in [0, 0.05) is 42.9 Å². The Labute approximate surface area is 149 Å². The first kappa shape index (κ1) is 17.7. The van der Waals surface area contributed by atoms with Gasteiger partial charge in [0.25, 0.3) is 0 Å². The lowest BCUT2D eigenvalue weighted by atomic mass is 10.0. The van der Waals surface area contributed by atoms with Crippen molar-refractivity contribution in [2.45, 2.75) is 39.2 Å². The number of aromatic nitrogens is 1. The van der Waals surface area contributed by atoms with Crippen molar-refractivity contribution in [3.63, 3.8) is 0 Å². The Kier molecular flexibility index (Phi) is 5.53. The third-order valence-electron chi connectivity index (χ3n) is 4.70. The van der Waals surface area contributed by atoms with E-state index in [-0.39, 0.29) is 0 Å².